The van der Waals surface area contributed by atoms with Gasteiger partial charge in [-0.05, 0) is 32.1 Å². The number of hydrogen-bond acceptors (Lipinski definition) is 3. The van der Waals surface area contributed by atoms with Gasteiger partial charge in [0, 0.05) is 18.8 Å². The van der Waals surface area contributed by atoms with Crippen LogP contribution in [0.25, 0.3) is 0 Å². The van der Waals surface area contributed by atoms with Crippen molar-refractivity contribution in [2.24, 2.45) is 11.7 Å². The van der Waals surface area contributed by atoms with Gasteiger partial charge in [-0.25, -0.2) is 0 Å². The molecule has 0 bridgehead atoms. The minimum atomic E-state index is -0.488. The molecule has 1 unspecified atom stereocenters. The average molecular weight is 203 g/mol. The van der Waals surface area contributed by atoms with Crippen LogP contribution < -0.4 is 5.73 Å². The Kier molecular flexibility index (Phi) is 7.15. The van der Waals surface area contributed by atoms with Gasteiger partial charge in [0.2, 0.25) is 0 Å². The molecule has 0 aromatic carbocycles. The van der Waals surface area contributed by atoms with Crippen LogP contribution in [0.5, 0.6) is 0 Å². The molecule has 0 aromatic heterocycles. The third kappa shape index (κ3) is 8.48. The second-order valence-corrected chi connectivity index (χ2v) is 4.71. The number of aliphatic hydroxyl groups is 1. The largest absolute Gasteiger partial charge is 0.394 e. The van der Waals surface area contributed by atoms with Crippen molar-refractivity contribution in [1.82, 2.24) is 0 Å². The fourth-order valence-electron chi connectivity index (χ4n) is 1.08. The highest BCUT2D eigenvalue weighted by Gasteiger charge is 2.15. The maximum atomic E-state index is 8.89. The molecule has 0 heterocycles. The van der Waals surface area contributed by atoms with Crippen LogP contribution in [0.15, 0.2) is 0 Å². The molecule has 0 saturated heterocycles. The van der Waals surface area contributed by atoms with E-state index in [1.807, 2.05) is 6.92 Å². The molecular formula is C11H25NO2. The highest BCUT2D eigenvalue weighted by Crippen LogP contribution is 2.06. The number of aliphatic hydroxyl groups excluding tert-OH is 1. The van der Waals surface area contributed by atoms with E-state index in [0.717, 1.165) is 18.9 Å². The summed E-state index contributed by atoms with van der Waals surface area (Å²) in [5, 5.41) is 8.89. The standard InChI is InChI=1S/C11H25NO2/c1-10(2)5-4-7-14-8-6-11(3,12)9-13/h10,13H,4-9,12H2,1-3H3. The maximum absolute atomic E-state index is 8.89. The van der Waals surface area contributed by atoms with Gasteiger partial charge in [-0.2, -0.15) is 0 Å². The molecule has 3 nitrogen and oxygen atoms in total. The van der Waals surface area contributed by atoms with E-state index in [1.165, 1.54) is 6.42 Å². The molecule has 0 fully saturated rings. The van der Waals surface area contributed by atoms with Gasteiger partial charge < -0.3 is 15.6 Å². The van der Waals surface area contributed by atoms with Gasteiger partial charge in [0.05, 0.1) is 6.61 Å². The lowest BCUT2D eigenvalue weighted by Crippen LogP contribution is -2.41. The molecular weight excluding hydrogens is 178 g/mol. The summed E-state index contributed by atoms with van der Waals surface area (Å²) in [5.41, 5.74) is 5.26. The van der Waals surface area contributed by atoms with Crippen LogP contribution in [0.3, 0.4) is 0 Å². The molecule has 3 N–H and O–H groups in total. The summed E-state index contributed by atoms with van der Waals surface area (Å²) in [7, 11) is 0. The smallest absolute Gasteiger partial charge is 0.0609 e. The first kappa shape index (κ1) is 13.9. The Morgan fingerprint density at radius 2 is 2.00 bits per heavy atom. The van der Waals surface area contributed by atoms with Gasteiger partial charge in [-0.3, -0.25) is 0 Å². The molecule has 0 aromatic rings. The molecule has 86 valence electrons. The monoisotopic (exact) mass is 203 g/mol. The summed E-state index contributed by atoms with van der Waals surface area (Å²) in [4.78, 5) is 0. The van der Waals surface area contributed by atoms with Crippen LogP contribution in [0.2, 0.25) is 0 Å². The van der Waals surface area contributed by atoms with E-state index in [0.29, 0.717) is 13.0 Å². The Hall–Kier alpha value is -0.120. The molecule has 0 aliphatic carbocycles. The molecule has 0 radical (unpaired) electrons. The van der Waals surface area contributed by atoms with Gasteiger partial charge in [0.25, 0.3) is 0 Å². The number of ether oxygens (including phenoxy) is 1. The van der Waals surface area contributed by atoms with Crippen molar-refractivity contribution < 1.29 is 9.84 Å². The minimum absolute atomic E-state index is 0.0162. The predicted molar refractivity (Wildman–Crippen MR) is 59.2 cm³/mol. The Bertz CT molecular complexity index is 135. The van der Waals surface area contributed by atoms with E-state index in [4.69, 9.17) is 15.6 Å². The first-order valence-corrected chi connectivity index (χ1v) is 5.45. The van der Waals surface area contributed by atoms with Crippen LogP contribution >= 0.6 is 0 Å². The fourth-order valence-corrected chi connectivity index (χ4v) is 1.08. The number of nitrogens with two attached hydrogens (primary N) is 1. The third-order valence-corrected chi connectivity index (χ3v) is 2.25. The SMILES string of the molecule is CC(C)CCCOCCC(C)(N)CO. The van der Waals surface area contributed by atoms with Gasteiger partial charge in [-0.15, -0.1) is 0 Å². The van der Waals surface area contributed by atoms with Crippen molar-refractivity contribution in [3.05, 3.63) is 0 Å². The molecule has 3 heteroatoms. The van der Waals surface area contributed by atoms with Gasteiger partial charge >= 0.3 is 0 Å². The van der Waals surface area contributed by atoms with Crippen LogP contribution in [-0.4, -0.2) is 30.5 Å². The Balaban J connectivity index is 3.21. The van der Waals surface area contributed by atoms with Crippen molar-refractivity contribution in [1.29, 1.82) is 0 Å². The zero-order valence-electron chi connectivity index (χ0n) is 9.75. The van der Waals surface area contributed by atoms with E-state index in [1.54, 1.807) is 0 Å². The second-order valence-electron chi connectivity index (χ2n) is 4.71. The summed E-state index contributed by atoms with van der Waals surface area (Å²) in [6, 6.07) is 0. The maximum Gasteiger partial charge on any atom is 0.0609 e. The molecule has 0 aliphatic heterocycles. The fraction of sp³-hybridized carbons (Fsp3) is 1.00. The molecule has 0 amide bonds. The Labute approximate surface area is 87.6 Å². The van der Waals surface area contributed by atoms with Gasteiger partial charge in [0.1, 0.15) is 0 Å². The Morgan fingerprint density at radius 1 is 1.36 bits per heavy atom. The lowest BCUT2D eigenvalue weighted by molar-refractivity contribution is 0.0961. The molecule has 1 atom stereocenters. The molecule has 0 rings (SSSR count). The summed E-state index contributed by atoms with van der Waals surface area (Å²) in [5.74, 6) is 0.746. The van der Waals surface area contributed by atoms with Crippen molar-refractivity contribution in [2.75, 3.05) is 19.8 Å². The topological polar surface area (TPSA) is 55.5 Å². The van der Waals surface area contributed by atoms with Crippen LogP contribution in [0, 0.1) is 5.92 Å². The zero-order valence-corrected chi connectivity index (χ0v) is 9.75. The quantitative estimate of drug-likeness (QED) is 0.588. The molecule has 14 heavy (non-hydrogen) atoms. The first-order valence-electron chi connectivity index (χ1n) is 5.45. The first-order chi connectivity index (χ1) is 6.48. The van der Waals surface area contributed by atoms with Gasteiger partial charge in [0.15, 0.2) is 0 Å². The zero-order chi connectivity index (χ0) is 11.0. The van der Waals surface area contributed by atoms with E-state index < -0.39 is 5.54 Å². The highest BCUT2D eigenvalue weighted by atomic mass is 16.5. The predicted octanol–water partition coefficient (Wildman–Crippen LogP) is 1.54. The van der Waals surface area contributed by atoms with Crippen molar-refractivity contribution >= 4 is 0 Å². The average Bonchev–Trinajstić information content (AvgIpc) is 2.10. The second kappa shape index (κ2) is 7.21. The van der Waals surface area contributed by atoms with Crippen molar-refractivity contribution in [2.45, 2.75) is 45.6 Å². The lowest BCUT2D eigenvalue weighted by atomic mass is 10.0. The van der Waals surface area contributed by atoms with E-state index >= 15 is 0 Å². The minimum Gasteiger partial charge on any atom is -0.394 e. The summed E-state index contributed by atoms with van der Waals surface area (Å²) >= 11 is 0. The van der Waals surface area contributed by atoms with Crippen molar-refractivity contribution in [3.63, 3.8) is 0 Å². The molecule has 0 aliphatic rings. The normalized spacial score (nSPS) is 15.9. The third-order valence-electron chi connectivity index (χ3n) is 2.25. The summed E-state index contributed by atoms with van der Waals surface area (Å²) in [6.07, 6.45) is 3.03. The van der Waals surface area contributed by atoms with Gasteiger partial charge in [-0.1, -0.05) is 13.8 Å². The number of hydrogen-bond donors (Lipinski definition) is 2. The van der Waals surface area contributed by atoms with Crippen LogP contribution in [-0.2, 0) is 4.74 Å². The summed E-state index contributed by atoms with van der Waals surface area (Å²) in [6.45, 7) is 7.73. The van der Waals surface area contributed by atoms with Crippen LogP contribution in [0.1, 0.15) is 40.0 Å². The highest BCUT2D eigenvalue weighted by molar-refractivity contribution is 4.76. The van der Waals surface area contributed by atoms with Crippen LogP contribution in [0.4, 0.5) is 0 Å². The number of rotatable bonds is 8. The van der Waals surface area contributed by atoms with Crippen molar-refractivity contribution in [3.8, 4) is 0 Å². The lowest BCUT2D eigenvalue weighted by Gasteiger charge is -2.21. The Morgan fingerprint density at radius 3 is 2.50 bits per heavy atom. The summed E-state index contributed by atoms with van der Waals surface area (Å²) < 4.78 is 5.43. The van der Waals surface area contributed by atoms with E-state index in [-0.39, 0.29) is 6.61 Å². The van der Waals surface area contributed by atoms with E-state index in [9.17, 15) is 0 Å². The molecule has 0 spiro atoms. The molecule has 0 saturated carbocycles. The van der Waals surface area contributed by atoms with E-state index in [2.05, 4.69) is 13.8 Å².